The summed E-state index contributed by atoms with van der Waals surface area (Å²) < 4.78 is 12.5. The first-order valence-electron chi connectivity index (χ1n) is 8.29. The lowest BCUT2D eigenvalue weighted by Gasteiger charge is -2.38. The van der Waals surface area contributed by atoms with Gasteiger partial charge in [0.15, 0.2) is 5.89 Å². The van der Waals surface area contributed by atoms with Crippen molar-refractivity contribution in [1.29, 1.82) is 0 Å². The highest BCUT2D eigenvalue weighted by molar-refractivity contribution is 5.03. The molecule has 0 radical (unpaired) electrons. The summed E-state index contributed by atoms with van der Waals surface area (Å²) in [5.41, 5.74) is 1.95. The second-order valence-corrected chi connectivity index (χ2v) is 6.66. The van der Waals surface area contributed by atoms with Crippen LogP contribution in [0, 0.1) is 6.92 Å². The summed E-state index contributed by atoms with van der Waals surface area (Å²) >= 11 is 0. The summed E-state index contributed by atoms with van der Waals surface area (Å²) in [5, 5.41) is 8.50. The quantitative estimate of drug-likeness (QED) is 0.841. The van der Waals surface area contributed by atoms with Crippen LogP contribution in [0.15, 0.2) is 16.9 Å². The monoisotopic (exact) mass is 317 g/mol. The van der Waals surface area contributed by atoms with Crippen LogP contribution in [-0.2, 0) is 17.9 Å². The van der Waals surface area contributed by atoms with Gasteiger partial charge in [-0.05, 0) is 25.7 Å². The van der Waals surface area contributed by atoms with Gasteiger partial charge in [0.2, 0.25) is 0 Å². The Balaban J connectivity index is 1.44. The molecular weight excluding hydrogens is 294 g/mol. The van der Waals surface area contributed by atoms with E-state index in [0.29, 0.717) is 24.7 Å². The van der Waals surface area contributed by atoms with Crippen LogP contribution in [0.1, 0.15) is 49.0 Å². The molecule has 2 atom stereocenters. The molecule has 2 aliphatic heterocycles. The smallest absolute Gasteiger partial charge is 0.191 e. The minimum atomic E-state index is 0.445. The lowest BCUT2D eigenvalue weighted by atomic mass is 9.97. The van der Waals surface area contributed by atoms with E-state index in [4.69, 9.17) is 9.15 Å². The molecule has 2 aromatic heterocycles. The van der Waals surface area contributed by atoms with E-state index in [-0.39, 0.29) is 0 Å². The molecule has 4 rings (SSSR count). The normalized spacial score (nSPS) is 27.7. The first kappa shape index (κ1) is 14.8. The van der Waals surface area contributed by atoms with Crippen molar-refractivity contribution in [1.82, 2.24) is 24.9 Å². The average Bonchev–Trinajstić information content (AvgIpc) is 3.21. The zero-order valence-electron chi connectivity index (χ0n) is 13.7. The summed E-state index contributed by atoms with van der Waals surface area (Å²) in [7, 11) is 1.68. The molecular formula is C16H23N5O2. The predicted octanol–water partition coefficient (Wildman–Crippen LogP) is 2.09. The number of aryl methyl sites for hydroxylation is 1. The number of ether oxygens (including phenoxy) is 1. The average molecular weight is 317 g/mol. The third-order valence-electron chi connectivity index (χ3n) is 5.09. The van der Waals surface area contributed by atoms with Gasteiger partial charge in [-0.25, -0.2) is 9.67 Å². The Kier molecular flexibility index (Phi) is 3.90. The second kappa shape index (κ2) is 6.05. The van der Waals surface area contributed by atoms with Crippen molar-refractivity contribution < 1.29 is 9.15 Å². The van der Waals surface area contributed by atoms with E-state index in [1.807, 2.05) is 17.8 Å². The number of hydrogen-bond donors (Lipinski definition) is 0. The number of fused-ring (bicyclic) bond motifs is 2. The van der Waals surface area contributed by atoms with E-state index in [0.717, 1.165) is 36.7 Å². The fourth-order valence-electron chi connectivity index (χ4n) is 4.09. The van der Waals surface area contributed by atoms with Crippen LogP contribution in [0.5, 0.6) is 0 Å². The zero-order chi connectivity index (χ0) is 15.8. The molecule has 0 amide bonds. The van der Waals surface area contributed by atoms with Crippen molar-refractivity contribution in [2.45, 2.75) is 63.9 Å². The number of hydrogen-bond acceptors (Lipinski definition) is 6. The molecule has 0 saturated carbocycles. The van der Waals surface area contributed by atoms with Gasteiger partial charge >= 0.3 is 0 Å². The molecule has 7 heteroatoms. The number of piperidine rings is 1. The fraction of sp³-hybridized carbons (Fsp3) is 0.688. The largest absolute Gasteiger partial charge is 0.449 e. The molecule has 2 bridgehead atoms. The third-order valence-corrected chi connectivity index (χ3v) is 5.09. The lowest BCUT2D eigenvalue weighted by Crippen LogP contribution is -2.43. The van der Waals surface area contributed by atoms with E-state index in [9.17, 15) is 0 Å². The molecule has 2 saturated heterocycles. The Morgan fingerprint density at radius 1 is 1.22 bits per heavy atom. The Morgan fingerprint density at radius 3 is 2.65 bits per heavy atom. The van der Waals surface area contributed by atoms with Crippen LogP contribution in [0.2, 0.25) is 0 Å². The highest BCUT2D eigenvalue weighted by Crippen LogP contribution is 2.41. The molecule has 7 nitrogen and oxygen atoms in total. The van der Waals surface area contributed by atoms with E-state index in [1.54, 1.807) is 13.4 Å². The molecule has 124 valence electrons. The standard InChI is InChI=1S/C16H23N5O2/c1-11-17-12(10-23-11)7-20-14-3-4-15(20)6-16(5-14)21-8-13(9-22-2)18-19-21/h8,10,14-16H,3-7,9H2,1-2H3. The Hall–Kier alpha value is -1.73. The van der Waals surface area contributed by atoms with Gasteiger partial charge in [0, 0.05) is 32.7 Å². The summed E-state index contributed by atoms with van der Waals surface area (Å²) in [5.74, 6) is 0.746. The molecule has 23 heavy (non-hydrogen) atoms. The van der Waals surface area contributed by atoms with Crippen LogP contribution < -0.4 is 0 Å². The molecule has 2 aliphatic rings. The molecule has 0 aromatic carbocycles. The minimum absolute atomic E-state index is 0.445. The van der Waals surface area contributed by atoms with Crippen LogP contribution in [0.3, 0.4) is 0 Å². The van der Waals surface area contributed by atoms with Crippen LogP contribution in [0.4, 0.5) is 0 Å². The van der Waals surface area contributed by atoms with Crippen molar-refractivity contribution >= 4 is 0 Å². The van der Waals surface area contributed by atoms with Crippen LogP contribution in [-0.4, -0.2) is 44.1 Å². The SMILES string of the molecule is COCc1cn(C2CC3CCC(C2)N3Cc2coc(C)n2)nn1. The van der Waals surface area contributed by atoms with Crippen molar-refractivity contribution in [3.05, 3.63) is 29.7 Å². The maximum Gasteiger partial charge on any atom is 0.191 e. The molecule has 2 fully saturated rings. The van der Waals surface area contributed by atoms with Gasteiger partial charge in [-0.2, -0.15) is 0 Å². The van der Waals surface area contributed by atoms with E-state index < -0.39 is 0 Å². The predicted molar refractivity (Wildman–Crippen MR) is 82.6 cm³/mol. The van der Waals surface area contributed by atoms with Gasteiger partial charge in [-0.1, -0.05) is 5.21 Å². The number of methoxy groups -OCH3 is 1. The van der Waals surface area contributed by atoms with Crippen LogP contribution >= 0.6 is 0 Å². The Bertz CT molecular complexity index is 653. The van der Waals surface area contributed by atoms with Crippen molar-refractivity contribution in [3.63, 3.8) is 0 Å². The zero-order valence-corrected chi connectivity index (χ0v) is 13.7. The third kappa shape index (κ3) is 2.90. The maximum atomic E-state index is 5.34. The summed E-state index contributed by atoms with van der Waals surface area (Å²) in [6.45, 7) is 3.32. The highest BCUT2D eigenvalue weighted by atomic mass is 16.5. The molecule has 2 unspecified atom stereocenters. The Morgan fingerprint density at radius 2 is 2.00 bits per heavy atom. The van der Waals surface area contributed by atoms with Crippen molar-refractivity contribution in [2.75, 3.05) is 7.11 Å². The van der Waals surface area contributed by atoms with Crippen LogP contribution in [0.25, 0.3) is 0 Å². The van der Waals surface area contributed by atoms with Crippen molar-refractivity contribution in [2.24, 2.45) is 0 Å². The maximum absolute atomic E-state index is 5.34. The molecule has 0 N–H and O–H groups in total. The molecule has 4 heterocycles. The second-order valence-electron chi connectivity index (χ2n) is 6.66. The molecule has 0 spiro atoms. The number of oxazole rings is 1. The van der Waals surface area contributed by atoms with Gasteiger partial charge in [0.25, 0.3) is 0 Å². The lowest BCUT2D eigenvalue weighted by molar-refractivity contribution is 0.0931. The molecule has 2 aromatic rings. The fourth-order valence-corrected chi connectivity index (χ4v) is 4.09. The Labute approximate surface area is 135 Å². The van der Waals surface area contributed by atoms with Gasteiger partial charge < -0.3 is 9.15 Å². The van der Waals surface area contributed by atoms with E-state index in [1.165, 1.54) is 12.8 Å². The first-order valence-corrected chi connectivity index (χ1v) is 8.29. The van der Waals surface area contributed by atoms with E-state index in [2.05, 4.69) is 20.2 Å². The van der Waals surface area contributed by atoms with Gasteiger partial charge in [-0.15, -0.1) is 5.10 Å². The first-order chi connectivity index (χ1) is 11.2. The summed E-state index contributed by atoms with van der Waals surface area (Å²) in [4.78, 5) is 7.05. The number of aromatic nitrogens is 4. The minimum Gasteiger partial charge on any atom is -0.449 e. The number of rotatable bonds is 5. The number of nitrogens with zero attached hydrogens (tertiary/aromatic N) is 5. The summed E-state index contributed by atoms with van der Waals surface area (Å²) in [6, 6.07) is 1.65. The topological polar surface area (TPSA) is 69.2 Å². The van der Waals surface area contributed by atoms with Gasteiger partial charge in [0.05, 0.1) is 24.5 Å². The van der Waals surface area contributed by atoms with Gasteiger partial charge in [-0.3, -0.25) is 4.90 Å². The molecule has 0 aliphatic carbocycles. The van der Waals surface area contributed by atoms with E-state index >= 15 is 0 Å². The van der Waals surface area contributed by atoms with Gasteiger partial charge in [0.1, 0.15) is 12.0 Å². The highest BCUT2D eigenvalue weighted by Gasteiger charge is 2.41. The van der Waals surface area contributed by atoms with Crippen molar-refractivity contribution in [3.8, 4) is 0 Å². The summed E-state index contributed by atoms with van der Waals surface area (Å²) in [6.07, 6.45) is 8.60.